The lowest BCUT2D eigenvalue weighted by molar-refractivity contribution is 0.278. The van der Waals surface area contributed by atoms with Crippen molar-refractivity contribution in [2.75, 3.05) is 11.9 Å². The molecule has 0 radical (unpaired) electrons. The Morgan fingerprint density at radius 3 is 2.71 bits per heavy atom. The Bertz CT molecular complexity index is 616. The summed E-state index contributed by atoms with van der Waals surface area (Å²) < 4.78 is 1.74. The number of rotatable bonds is 4. The molecule has 1 aliphatic rings. The zero-order valence-corrected chi connectivity index (χ0v) is 13.4. The minimum absolute atomic E-state index is 0.493. The lowest BCUT2D eigenvalue weighted by Gasteiger charge is -2.28. The molecule has 0 spiro atoms. The van der Waals surface area contributed by atoms with Crippen LogP contribution in [0.5, 0.6) is 0 Å². The van der Waals surface area contributed by atoms with Crippen LogP contribution in [-0.4, -0.2) is 26.1 Å². The number of nitrogens with zero attached hydrogens (tertiary/aromatic N) is 4. The lowest BCUT2D eigenvalue weighted by atomic mass is 9.81. The summed E-state index contributed by atoms with van der Waals surface area (Å²) >= 11 is 6.18. The molecular formula is C15H22ClN5. The van der Waals surface area contributed by atoms with Gasteiger partial charge in [0.15, 0.2) is 0 Å². The molecule has 114 valence electrons. The van der Waals surface area contributed by atoms with Crippen molar-refractivity contribution in [3.05, 3.63) is 17.0 Å². The first-order valence-corrected chi connectivity index (χ1v) is 8.16. The number of fused-ring (bicyclic) bond motifs is 1. The molecule has 2 aromatic heterocycles. The van der Waals surface area contributed by atoms with Gasteiger partial charge in [0.1, 0.15) is 17.3 Å². The molecule has 1 saturated carbocycles. The van der Waals surface area contributed by atoms with Crippen molar-refractivity contribution in [3.8, 4) is 0 Å². The van der Waals surface area contributed by atoms with Crippen LogP contribution in [0.4, 0.5) is 5.82 Å². The molecule has 0 bridgehead atoms. The highest BCUT2D eigenvalue weighted by atomic mass is 35.5. The fourth-order valence-electron chi connectivity index (χ4n) is 3.19. The zero-order valence-electron chi connectivity index (χ0n) is 12.6. The first kappa shape index (κ1) is 14.6. The van der Waals surface area contributed by atoms with Crippen LogP contribution in [0.15, 0.2) is 6.33 Å². The van der Waals surface area contributed by atoms with Gasteiger partial charge in [-0.1, -0.05) is 37.8 Å². The Morgan fingerprint density at radius 1 is 1.29 bits per heavy atom. The molecule has 3 rings (SSSR count). The summed E-state index contributed by atoms with van der Waals surface area (Å²) in [5.41, 5.74) is 0.928. The van der Waals surface area contributed by atoms with Crippen LogP contribution >= 0.6 is 11.6 Å². The summed E-state index contributed by atoms with van der Waals surface area (Å²) in [5.74, 6) is 3.13. The third kappa shape index (κ3) is 2.98. The van der Waals surface area contributed by atoms with Gasteiger partial charge >= 0.3 is 0 Å². The van der Waals surface area contributed by atoms with Crippen molar-refractivity contribution in [1.29, 1.82) is 0 Å². The quantitative estimate of drug-likeness (QED) is 0.875. The summed E-state index contributed by atoms with van der Waals surface area (Å²) in [5, 5.41) is 8.25. The predicted molar refractivity (Wildman–Crippen MR) is 84.8 cm³/mol. The average molecular weight is 308 g/mol. The molecule has 1 fully saturated rings. The average Bonchev–Trinajstić information content (AvgIpc) is 2.96. The molecule has 0 atom stereocenters. The van der Waals surface area contributed by atoms with E-state index in [1.807, 2.05) is 6.92 Å². The van der Waals surface area contributed by atoms with Gasteiger partial charge in [-0.25, -0.2) is 0 Å². The van der Waals surface area contributed by atoms with Gasteiger partial charge < -0.3 is 5.32 Å². The van der Waals surface area contributed by atoms with E-state index >= 15 is 0 Å². The maximum absolute atomic E-state index is 6.18. The molecule has 2 heterocycles. The van der Waals surface area contributed by atoms with E-state index in [1.165, 1.54) is 38.4 Å². The number of halogens is 1. The van der Waals surface area contributed by atoms with E-state index in [2.05, 4.69) is 27.3 Å². The van der Waals surface area contributed by atoms with Crippen molar-refractivity contribution in [1.82, 2.24) is 19.6 Å². The molecule has 0 aliphatic heterocycles. The Morgan fingerprint density at radius 2 is 2.00 bits per heavy atom. The van der Waals surface area contributed by atoms with Gasteiger partial charge in [0.25, 0.3) is 5.78 Å². The molecule has 0 saturated heterocycles. The van der Waals surface area contributed by atoms with Gasteiger partial charge in [0, 0.05) is 12.1 Å². The third-order valence-corrected chi connectivity index (χ3v) is 5.07. The summed E-state index contributed by atoms with van der Waals surface area (Å²) in [6.45, 7) is 5.23. The van der Waals surface area contributed by atoms with Gasteiger partial charge in [-0.3, -0.25) is 0 Å². The van der Waals surface area contributed by atoms with Crippen molar-refractivity contribution < 1.29 is 0 Å². The second kappa shape index (κ2) is 6.18. The summed E-state index contributed by atoms with van der Waals surface area (Å²) in [4.78, 5) is 8.34. The van der Waals surface area contributed by atoms with E-state index in [0.29, 0.717) is 10.9 Å². The number of aromatic nitrogens is 4. The van der Waals surface area contributed by atoms with Crippen molar-refractivity contribution >= 4 is 23.2 Å². The van der Waals surface area contributed by atoms with Crippen LogP contribution in [-0.2, 0) is 0 Å². The van der Waals surface area contributed by atoms with Gasteiger partial charge in [0.2, 0.25) is 0 Å². The molecule has 21 heavy (non-hydrogen) atoms. The van der Waals surface area contributed by atoms with Crippen LogP contribution in [0.2, 0.25) is 5.15 Å². The van der Waals surface area contributed by atoms with E-state index in [4.69, 9.17) is 11.6 Å². The van der Waals surface area contributed by atoms with Gasteiger partial charge in [-0.05, 0) is 31.6 Å². The Hall–Kier alpha value is -1.36. The fraction of sp³-hybridized carbons (Fsp3) is 0.667. The minimum Gasteiger partial charge on any atom is -0.369 e. The smallest absolute Gasteiger partial charge is 0.255 e. The van der Waals surface area contributed by atoms with E-state index in [9.17, 15) is 0 Å². The van der Waals surface area contributed by atoms with Crippen molar-refractivity contribution in [2.24, 2.45) is 11.8 Å². The third-order valence-electron chi connectivity index (χ3n) is 4.71. The number of anilines is 1. The molecule has 0 aromatic carbocycles. The van der Waals surface area contributed by atoms with Gasteiger partial charge in [-0.15, -0.1) is 0 Å². The first-order valence-electron chi connectivity index (χ1n) is 7.78. The molecule has 0 unspecified atom stereocenters. The van der Waals surface area contributed by atoms with Gasteiger partial charge in [0.05, 0.1) is 0 Å². The molecular weight excluding hydrogens is 286 g/mol. The molecule has 0 amide bonds. The van der Waals surface area contributed by atoms with E-state index in [0.717, 1.165) is 29.8 Å². The molecule has 1 N–H and O–H groups in total. The summed E-state index contributed by atoms with van der Waals surface area (Å²) in [6.07, 6.45) is 8.16. The SMILES string of the molecule is CCC1CCC(CNc2c(C)c(Cl)nc3ncnn23)CC1. The first-order chi connectivity index (χ1) is 10.2. The highest BCUT2D eigenvalue weighted by molar-refractivity contribution is 6.30. The second-order valence-corrected chi connectivity index (χ2v) is 6.38. The van der Waals surface area contributed by atoms with Crippen LogP contribution in [0.25, 0.3) is 5.78 Å². The van der Waals surface area contributed by atoms with Crippen LogP contribution in [0.1, 0.15) is 44.6 Å². The maximum Gasteiger partial charge on any atom is 0.255 e. The number of hydrogen-bond donors (Lipinski definition) is 1. The maximum atomic E-state index is 6.18. The minimum atomic E-state index is 0.493. The van der Waals surface area contributed by atoms with E-state index < -0.39 is 0 Å². The molecule has 6 heteroatoms. The fourth-order valence-corrected chi connectivity index (χ4v) is 3.36. The predicted octanol–water partition coefficient (Wildman–Crippen LogP) is 3.71. The Balaban J connectivity index is 1.71. The number of hydrogen-bond acceptors (Lipinski definition) is 4. The Labute approximate surface area is 130 Å². The monoisotopic (exact) mass is 307 g/mol. The summed E-state index contributed by atoms with van der Waals surface area (Å²) in [7, 11) is 0. The molecule has 5 nitrogen and oxygen atoms in total. The second-order valence-electron chi connectivity index (χ2n) is 6.02. The summed E-state index contributed by atoms with van der Waals surface area (Å²) in [6, 6.07) is 0. The normalized spacial score (nSPS) is 22.6. The van der Waals surface area contributed by atoms with E-state index in [-0.39, 0.29) is 0 Å². The standard InChI is InChI=1S/C15H22ClN5/c1-3-11-4-6-12(7-5-11)8-17-14-10(2)13(16)20-15-18-9-19-21(14)15/h9,11-12,17H,3-8H2,1-2H3. The highest BCUT2D eigenvalue weighted by Crippen LogP contribution is 2.31. The number of nitrogens with one attached hydrogen (secondary N) is 1. The van der Waals surface area contributed by atoms with Crippen LogP contribution < -0.4 is 5.32 Å². The zero-order chi connectivity index (χ0) is 14.8. The Kier molecular flexibility index (Phi) is 4.29. The van der Waals surface area contributed by atoms with Crippen LogP contribution in [0.3, 0.4) is 0 Å². The van der Waals surface area contributed by atoms with Crippen molar-refractivity contribution in [2.45, 2.75) is 46.0 Å². The van der Waals surface area contributed by atoms with Gasteiger partial charge in [-0.2, -0.15) is 19.6 Å². The van der Waals surface area contributed by atoms with Crippen LogP contribution in [0, 0.1) is 18.8 Å². The largest absolute Gasteiger partial charge is 0.369 e. The van der Waals surface area contributed by atoms with E-state index in [1.54, 1.807) is 4.52 Å². The topological polar surface area (TPSA) is 55.1 Å². The van der Waals surface area contributed by atoms with Crippen molar-refractivity contribution in [3.63, 3.8) is 0 Å². The molecule has 1 aliphatic carbocycles. The molecule has 2 aromatic rings. The highest BCUT2D eigenvalue weighted by Gasteiger charge is 2.20. The lowest BCUT2D eigenvalue weighted by Crippen LogP contribution is -2.22.